The van der Waals surface area contributed by atoms with Crippen LogP contribution in [0.2, 0.25) is 10.0 Å². The molecule has 9 nitrogen and oxygen atoms in total. The summed E-state index contributed by atoms with van der Waals surface area (Å²) in [7, 11) is 1.63. The van der Waals surface area contributed by atoms with Crippen LogP contribution in [0.25, 0.3) is 10.9 Å². The standard InChI is InChI=1S/C33H31Cl2FN8O/c1-3-43-11-9-24(10-12-43)44-19-30(41-42-44)32(20-5-4-6-25(13-20)45-2)40-29-15-22(34)14-26-31(21(17-37)18-38-33(26)29)39-23-7-8-28(36)27(35)16-23/h4-8,13-16,18-19,24,32,40H,3,9-12H2,1-2H3,(H,38,39). The predicted molar refractivity (Wildman–Crippen MR) is 175 cm³/mol. The number of rotatable bonds is 9. The van der Waals surface area contributed by atoms with E-state index in [2.05, 4.69) is 43.8 Å². The average molecular weight is 646 g/mol. The van der Waals surface area contributed by atoms with Gasteiger partial charge in [0.1, 0.15) is 23.3 Å². The molecule has 12 heteroatoms. The molecule has 1 unspecified atom stereocenters. The largest absolute Gasteiger partial charge is 0.497 e. The molecule has 1 aliphatic heterocycles. The van der Waals surface area contributed by atoms with Crippen molar-refractivity contribution >= 4 is 51.2 Å². The van der Waals surface area contributed by atoms with Gasteiger partial charge in [0, 0.05) is 35.4 Å². The van der Waals surface area contributed by atoms with Crippen LogP contribution in [0.5, 0.6) is 5.75 Å². The van der Waals surface area contributed by atoms with E-state index in [0.29, 0.717) is 38.7 Å². The summed E-state index contributed by atoms with van der Waals surface area (Å²) in [6.45, 7) is 5.29. The molecular weight excluding hydrogens is 614 g/mol. The number of anilines is 3. The molecule has 2 aromatic heterocycles. The first kappa shape index (κ1) is 30.6. The van der Waals surface area contributed by atoms with E-state index in [1.54, 1.807) is 25.3 Å². The number of fused-ring (bicyclic) bond motifs is 1. The Morgan fingerprint density at radius 2 is 1.96 bits per heavy atom. The number of ether oxygens (including phenoxy) is 1. The van der Waals surface area contributed by atoms with Crippen molar-refractivity contribution in [3.63, 3.8) is 0 Å². The number of hydrogen-bond acceptors (Lipinski definition) is 8. The van der Waals surface area contributed by atoms with E-state index in [9.17, 15) is 9.65 Å². The normalized spacial score (nSPS) is 14.7. The van der Waals surface area contributed by atoms with Gasteiger partial charge < -0.3 is 20.3 Å². The monoisotopic (exact) mass is 644 g/mol. The second-order valence-corrected chi connectivity index (χ2v) is 11.7. The highest BCUT2D eigenvalue weighted by molar-refractivity contribution is 6.32. The first-order valence-electron chi connectivity index (χ1n) is 14.7. The van der Waals surface area contributed by atoms with Crippen molar-refractivity contribution in [1.29, 1.82) is 5.26 Å². The lowest BCUT2D eigenvalue weighted by atomic mass is 10.0. The van der Waals surface area contributed by atoms with E-state index in [4.69, 9.17) is 27.9 Å². The summed E-state index contributed by atoms with van der Waals surface area (Å²) < 4.78 is 21.4. The number of pyridine rings is 1. The Balaban J connectivity index is 1.41. The predicted octanol–water partition coefficient (Wildman–Crippen LogP) is 7.75. The molecule has 45 heavy (non-hydrogen) atoms. The van der Waals surface area contributed by atoms with Crippen LogP contribution >= 0.6 is 23.2 Å². The van der Waals surface area contributed by atoms with E-state index >= 15 is 0 Å². The molecule has 1 saturated heterocycles. The van der Waals surface area contributed by atoms with Gasteiger partial charge in [0.2, 0.25) is 0 Å². The lowest BCUT2D eigenvalue weighted by molar-refractivity contribution is 0.186. The fourth-order valence-corrected chi connectivity index (χ4v) is 6.12. The Morgan fingerprint density at radius 1 is 1.13 bits per heavy atom. The number of aromatic nitrogens is 4. The summed E-state index contributed by atoms with van der Waals surface area (Å²) in [5, 5.41) is 26.9. The van der Waals surface area contributed by atoms with E-state index < -0.39 is 11.9 Å². The van der Waals surface area contributed by atoms with Crippen molar-refractivity contribution in [1.82, 2.24) is 24.9 Å². The second-order valence-electron chi connectivity index (χ2n) is 10.9. The number of nitrogens with one attached hydrogen (secondary N) is 2. The van der Waals surface area contributed by atoms with Gasteiger partial charge in [-0.3, -0.25) is 4.98 Å². The van der Waals surface area contributed by atoms with Crippen LogP contribution in [0.1, 0.15) is 48.7 Å². The van der Waals surface area contributed by atoms with Gasteiger partial charge in [-0.25, -0.2) is 9.07 Å². The molecular formula is C33H31Cl2FN8O. The number of nitrogens with zero attached hydrogens (tertiary/aromatic N) is 6. The quantitative estimate of drug-likeness (QED) is 0.168. The highest BCUT2D eigenvalue weighted by atomic mass is 35.5. The van der Waals surface area contributed by atoms with Gasteiger partial charge >= 0.3 is 0 Å². The van der Waals surface area contributed by atoms with Gasteiger partial charge in [0.25, 0.3) is 0 Å². The van der Waals surface area contributed by atoms with Crippen molar-refractivity contribution in [2.45, 2.75) is 31.8 Å². The van der Waals surface area contributed by atoms with Gasteiger partial charge in [-0.1, -0.05) is 47.5 Å². The van der Waals surface area contributed by atoms with Crippen LogP contribution in [0, 0.1) is 17.1 Å². The average Bonchev–Trinajstić information content (AvgIpc) is 3.55. The zero-order valence-corrected chi connectivity index (χ0v) is 26.3. The molecule has 0 bridgehead atoms. The minimum atomic E-state index is -0.538. The molecule has 6 rings (SSSR count). The smallest absolute Gasteiger partial charge is 0.141 e. The third kappa shape index (κ3) is 6.52. The van der Waals surface area contributed by atoms with Crippen LogP contribution in [0.3, 0.4) is 0 Å². The van der Waals surface area contributed by atoms with Crippen LogP contribution in [0.4, 0.5) is 21.5 Å². The SMILES string of the molecule is CCN1CCC(n2cc(C(Nc3cc(Cl)cc4c(Nc5ccc(F)c(Cl)c5)c(C#N)cnc34)c3cccc(OC)c3)nn2)CC1. The van der Waals surface area contributed by atoms with Crippen LogP contribution < -0.4 is 15.4 Å². The lowest BCUT2D eigenvalue weighted by Crippen LogP contribution is -2.34. The Hall–Kier alpha value is -4.43. The third-order valence-corrected chi connectivity index (χ3v) is 8.68. The topological polar surface area (TPSA) is 104 Å². The molecule has 0 saturated carbocycles. The zero-order chi connectivity index (χ0) is 31.5. The summed E-state index contributed by atoms with van der Waals surface area (Å²) in [6.07, 6.45) is 5.51. The highest BCUT2D eigenvalue weighted by Gasteiger charge is 2.25. The van der Waals surface area contributed by atoms with E-state index in [0.717, 1.165) is 43.7 Å². The van der Waals surface area contributed by atoms with Crippen molar-refractivity contribution in [3.8, 4) is 11.8 Å². The zero-order valence-electron chi connectivity index (χ0n) is 24.8. The Bertz CT molecular complexity index is 1880. The highest BCUT2D eigenvalue weighted by Crippen LogP contribution is 2.38. The van der Waals surface area contributed by atoms with Crippen LogP contribution in [-0.2, 0) is 0 Å². The summed E-state index contributed by atoms with van der Waals surface area (Å²) in [6, 6.07) is 17.6. The first-order valence-corrected chi connectivity index (χ1v) is 15.4. The van der Waals surface area contributed by atoms with E-state index in [-0.39, 0.29) is 16.6 Å². The summed E-state index contributed by atoms with van der Waals surface area (Å²) in [5.41, 5.74) is 4.10. The number of nitriles is 1. The van der Waals surface area contributed by atoms with E-state index in [1.165, 1.54) is 18.3 Å². The minimum absolute atomic E-state index is 0.0395. The fraction of sp³-hybridized carbons (Fsp3) is 0.273. The fourth-order valence-electron chi connectivity index (χ4n) is 5.72. The summed E-state index contributed by atoms with van der Waals surface area (Å²) >= 11 is 12.7. The maximum Gasteiger partial charge on any atom is 0.141 e. The maximum atomic E-state index is 13.9. The molecule has 1 aliphatic rings. The second kappa shape index (κ2) is 13.3. The molecule has 1 atom stereocenters. The number of likely N-dealkylation sites (tertiary alicyclic amines) is 1. The molecule has 230 valence electrons. The minimum Gasteiger partial charge on any atom is -0.497 e. The Kier molecular flexibility index (Phi) is 9.03. The Labute approximate surface area is 270 Å². The van der Waals surface area contributed by atoms with Gasteiger partial charge in [-0.15, -0.1) is 5.10 Å². The molecule has 0 spiro atoms. The molecule has 3 aromatic carbocycles. The van der Waals surface area contributed by atoms with Gasteiger partial charge in [-0.05, 0) is 67.4 Å². The Morgan fingerprint density at radius 3 is 2.69 bits per heavy atom. The number of halogens is 3. The molecule has 2 N–H and O–H groups in total. The van der Waals surface area contributed by atoms with Crippen molar-refractivity contribution < 1.29 is 9.13 Å². The number of methoxy groups -OCH3 is 1. The summed E-state index contributed by atoms with van der Waals surface area (Å²) in [5.74, 6) is 0.166. The maximum absolute atomic E-state index is 13.9. The van der Waals surface area contributed by atoms with Gasteiger partial charge in [0.05, 0.1) is 52.9 Å². The molecule has 0 radical (unpaired) electrons. The van der Waals surface area contributed by atoms with Crippen LogP contribution in [0.15, 0.2) is 67.0 Å². The van der Waals surface area contributed by atoms with Crippen molar-refractivity contribution in [3.05, 3.63) is 99.7 Å². The number of hydrogen-bond donors (Lipinski definition) is 2. The number of benzene rings is 3. The first-order chi connectivity index (χ1) is 21.9. The lowest BCUT2D eigenvalue weighted by Gasteiger charge is -2.30. The molecule has 1 fully saturated rings. The molecule has 3 heterocycles. The van der Waals surface area contributed by atoms with Crippen molar-refractivity contribution in [2.75, 3.05) is 37.4 Å². The molecule has 0 aliphatic carbocycles. The van der Waals surface area contributed by atoms with Gasteiger partial charge in [-0.2, -0.15) is 5.26 Å². The number of piperidine rings is 1. The van der Waals surface area contributed by atoms with Gasteiger partial charge in [0.15, 0.2) is 0 Å². The summed E-state index contributed by atoms with van der Waals surface area (Å²) in [4.78, 5) is 7.10. The molecule has 5 aromatic rings. The van der Waals surface area contributed by atoms with Crippen molar-refractivity contribution in [2.24, 2.45) is 0 Å². The van der Waals surface area contributed by atoms with E-state index in [1.807, 2.05) is 35.1 Å². The molecule has 0 amide bonds. The third-order valence-electron chi connectivity index (χ3n) is 8.17. The van der Waals surface area contributed by atoms with Crippen LogP contribution in [-0.4, -0.2) is 51.6 Å².